The Balaban J connectivity index is 1.78. The van der Waals surface area contributed by atoms with E-state index in [9.17, 15) is 8.78 Å². The lowest BCUT2D eigenvalue weighted by molar-refractivity contribution is 0.306. The topological polar surface area (TPSA) is 0 Å². The van der Waals surface area contributed by atoms with Crippen molar-refractivity contribution < 1.29 is 8.78 Å². The Morgan fingerprint density at radius 2 is 1.81 bits per heavy atom. The van der Waals surface area contributed by atoms with Gasteiger partial charge in [-0.15, -0.1) is 6.58 Å². The van der Waals surface area contributed by atoms with E-state index in [0.717, 1.165) is 62.3 Å². The third-order valence-corrected chi connectivity index (χ3v) is 6.25. The number of hydrogen-bond donors (Lipinski definition) is 0. The lowest BCUT2D eigenvalue weighted by Crippen LogP contribution is -2.15. The fourth-order valence-electron chi connectivity index (χ4n) is 4.54. The summed E-state index contributed by atoms with van der Waals surface area (Å²) in [7, 11) is 0. The van der Waals surface area contributed by atoms with Crippen molar-refractivity contribution in [1.29, 1.82) is 0 Å². The lowest BCUT2D eigenvalue weighted by Gasteiger charge is -2.29. The number of halogens is 2. The molecule has 2 aromatic carbocycles. The van der Waals surface area contributed by atoms with Crippen LogP contribution >= 0.6 is 0 Å². The van der Waals surface area contributed by atoms with Gasteiger partial charge in [0.2, 0.25) is 0 Å². The Morgan fingerprint density at radius 3 is 2.52 bits per heavy atom. The van der Waals surface area contributed by atoms with Gasteiger partial charge in [0, 0.05) is 5.39 Å². The zero-order valence-corrected chi connectivity index (χ0v) is 16.6. The Hall–Kier alpha value is -1.70. The first kappa shape index (κ1) is 20.0. The summed E-state index contributed by atoms with van der Waals surface area (Å²) >= 11 is 0. The molecule has 1 fully saturated rings. The molecule has 0 bridgehead atoms. The zero-order chi connectivity index (χ0) is 19.2. The molecule has 0 amide bonds. The van der Waals surface area contributed by atoms with Crippen LogP contribution in [-0.2, 0) is 6.42 Å². The van der Waals surface area contributed by atoms with Crippen LogP contribution in [0.2, 0.25) is 0 Å². The second-order valence-electron chi connectivity index (χ2n) is 8.19. The SMILES string of the molecule is C=CCCC1CCC(c2cc3ccc(CCCCC)cc3c(F)c2F)CC1. The molecule has 0 aliphatic heterocycles. The highest BCUT2D eigenvalue weighted by Crippen LogP contribution is 2.40. The van der Waals surface area contributed by atoms with Gasteiger partial charge in [-0.3, -0.25) is 0 Å². The molecule has 0 spiro atoms. The summed E-state index contributed by atoms with van der Waals surface area (Å²) in [5.74, 6) is -0.428. The van der Waals surface area contributed by atoms with Gasteiger partial charge < -0.3 is 0 Å². The van der Waals surface area contributed by atoms with Gasteiger partial charge in [0.05, 0.1) is 0 Å². The van der Waals surface area contributed by atoms with Crippen molar-refractivity contribution in [3.05, 3.63) is 59.7 Å². The number of hydrogen-bond acceptors (Lipinski definition) is 0. The van der Waals surface area contributed by atoms with Crippen LogP contribution in [0.25, 0.3) is 10.8 Å². The van der Waals surface area contributed by atoms with E-state index >= 15 is 0 Å². The fourth-order valence-corrected chi connectivity index (χ4v) is 4.54. The van der Waals surface area contributed by atoms with Crippen LogP contribution in [0.15, 0.2) is 36.9 Å². The molecular weight excluding hydrogens is 338 g/mol. The number of fused-ring (bicyclic) bond motifs is 1. The molecule has 0 saturated heterocycles. The molecule has 0 atom stereocenters. The van der Waals surface area contributed by atoms with E-state index in [1.807, 2.05) is 24.3 Å². The van der Waals surface area contributed by atoms with Gasteiger partial charge in [-0.2, -0.15) is 0 Å². The highest BCUT2D eigenvalue weighted by Gasteiger charge is 2.26. The average molecular weight is 371 g/mol. The van der Waals surface area contributed by atoms with Crippen LogP contribution in [0.3, 0.4) is 0 Å². The molecule has 0 nitrogen and oxygen atoms in total. The zero-order valence-electron chi connectivity index (χ0n) is 16.6. The third-order valence-electron chi connectivity index (χ3n) is 6.25. The van der Waals surface area contributed by atoms with E-state index in [4.69, 9.17) is 0 Å². The second kappa shape index (κ2) is 9.48. The lowest BCUT2D eigenvalue weighted by atomic mass is 9.76. The summed E-state index contributed by atoms with van der Waals surface area (Å²) < 4.78 is 29.7. The molecule has 0 unspecified atom stereocenters. The first-order chi connectivity index (χ1) is 13.1. The maximum atomic E-state index is 14.9. The molecule has 0 heterocycles. The van der Waals surface area contributed by atoms with Gasteiger partial charge in [0.25, 0.3) is 0 Å². The largest absolute Gasteiger partial charge is 0.203 e. The van der Waals surface area contributed by atoms with Crippen molar-refractivity contribution in [3.63, 3.8) is 0 Å². The molecule has 27 heavy (non-hydrogen) atoms. The van der Waals surface area contributed by atoms with Gasteiger partial charge in [-0.25, -0.2) is 8.78 Å². The number of benzene rings is 2. The van der Waals surface area contributed by atoms with Gasteiger partial charge in [-0.05, 0) is 91.8 Å². The molecule has 2 heteroatoms. The van der Waals surface area contributed by atoms with Crippen molar-refractivity contribution in [2.24, 2.45) is 5.92 Å². The Kier molecular flexibility index (Phi) is 7.04. The Labute approximate surface area is 162 Å². The first-order valence-electron chi connectivity index (χ1n) is 10.7. The molecule has 1 aliphatic carbocycles. The monoisotopic (exact) mass is 370 g/mol. The van der Waals surface area contributed by atoms with Gasteiger partial charge >= 0.3 is 0 Å². The first-order valence-corrected chi connectivity index (χ1v) is 10.7. The van der Waals surface area contributed by atoms with Gasteiger partial charge in [-0.1, -0.05) is 38.0 Å². The second-order valence-corrected chi connectivity index (χ2v) is 8.19. The quantitative estimate of drug-likeness (QED) is 0.325. The summed E-state index contributed by atoms with van der Waals surface area (Å²) in [4.78, 5) is 0. The highest BCUT2D eigenvalue weighted by atomic mass is 19.2. The highest BCUT2D eigenvalue weighted by molar-refractivity contribution is 5.85. The average Bonchev–Trinajstić information content (AvgIpc) is 2.70. The Bertz CT molecular complexity index is 769. The van der Waals surface area contributed by atoms with Crippen LogP contribution in [0, 0.1) is 17.6 Å². The minimum absolute atomic E-state index is 0.146. The minimum atomic E-state index is -0.659. The van der Waals surface area contributed by atoms with Crippen molar-refractivity contribution in [3.8, 4) is 0 Å². The van der Waals surface area contributed by atoms with Crippen molar-refractivity contribution in [2.45, 2.75) is 77.0 Å². The maximum Gasteiger partial charge on any atom is 0.166 e. The molecule has 1 saturated carbocycles. The number of rotatable bonds is 8. The van der Waals surface area contributed by atoms with Crippen molar-refractivity contribution >= 4 is 10.8 Å². The molecule has 0 radical (unpaired) electrons. The van der Waals surface area contributed by atoms with Crippen molar-refractivity contribution in [1.82, 2.24) is 0 Å². The van der Waals surface area contributed by atoms with Gasteiger partial charge in [0.1, 0.15) is 0 Å². The summed E-state index contributed by atoms with van der Waals surface area (Å²) in [6.07, 6.45) is 12.7. The molecule has 2 aromatic rings. The molecule has 0 N–H and O–H groups in total. The molecule has 146 valence electrons. The molecular formula is C25H32F2. The van der Waals surface area contributed by atoms with E-state index < -0.39 is 11.6 Å². The predicted molar refractivity (Wildman–Crippen MR) is 111 cm³/mol. The smallest absolute Gasteiger partial charge is 0.166 e. The van der Waals surface area contributed by atoms with Crippen LogP contribution in [0.1, 0.15) is 81.8 Å². The Morgan fingerprint density at radius 1 is 1.04 bits per heavy atom. The maximum absolute atomic E-state index is 14.9. The van der Waals surface area contributed by atoms with Crippen LogP contribution in [0.4, 0.5) is 8.78 Å². The summed E-state index contributed by atoms with van der Waals surface area (Å²) in [6.45, 7) is 5.96. The van der Waals surface area contributed by atoms with E-state index in [1.54, 1.807) is 0 Å². The van der Waals surface area contributed by atoms with Crippen LogP contribution in [0.5, 0.6) is 0 Å². The van der Waals surface area contributed by atoms with E-state index in [2.05, 4.69) is 19.6 Å². The number of unbranched alkanes of at least 4 members (excludes halogenated alkanes) is 2. The van der Waals surface area contributed by atoms with E-state index in [-0.39, 0.29) is 5.92 Å². The molecule has 1 aliphatic rings. The summed E-state index contributed by atoms with van der Waals surface area (Å²) in [6, 6.07) is 7.79. The van der Waals surface area contributed by atoms with Crippen LogP contribution < -0.4 is 0 Å². The minimum Gasteiger partial charge on any atom is -0.203 e. The predicted octanol–water partition coefficient (Wildman–Crippen LogP) is 8.09. The van der Waals surface area contributed by atoms with Crippen molar-refractivity contribution in [2.75, 3.05) is 0 Å². The summed E-state index contributed by atoms with van der Waals surface area (Å²) in [5, 5.41) is 1.27. The molecule has 0 aromatic heterocycles. The third kappa shape index (κ3) is 4.78. The number of aryl methyl sites for hydroxylation is 1. The van der Waals surface area contributed by atoms with Gasteiger partial charge in [0.15, 0.2) is 11.6 Å². The summed E-state index contributed by atoms with van der Waals surface area (Å²) in [5.41, 5.74) is 1.69. The number of allylic oxidation sites excluding steroid dienone is 1. The standard InChI is InChI=1S/C25H32F2/c1-3-5-7-9-19-12-15-21-17-23(25(27)24(26)22(21)16-19)20-13-10-18(11-14-20)8-6-4-2/h4,12,15-18,20H,2-3,5-11,13-14H2,1H3. The van der Waals surface area contributed by atoms with E-state index in [0.29, 0.717) is 16.9 Å². The van der Waals surface area contributed by atoms with E-state index in [1.165, 1.54) is 12.8 Å². The van der Waals surface area contributed by atoms with Crippen LogP contribution in [-0.4, -0.2) is 0 Å². The fraction of sp³-hybridized carbons (Fsp3) is 0.520. The molecule has 3 rings (SSSR count). The normalized spacial score (nSPS) is 20.1.